The summed E-state index contributed by atoms with van der Waals surface area (Å²) in [5.74, 6) is 1.40. The lowest BCUT2D eigenvalue weighted by Gasteiger charge is -2.24. The predicted octanol–water partition coefficient (Wildman–Crippen LogP) is 6.72. The molecule has 0 saturated heterocycles. The van der Waals surface area contributed by atoms with E-state index in [9.17, 15) is 9.18 Å². The molecular weight excluding hydrogens is 479 g/mol. The van der Waals surface area contributed by atoms with Crippen LogP contribution in [0.5, 0.6) is 0 Å². The number of halogens is 2. The number of fused-ring (bicyclic) bond motifs is 1. The minimum atomic E-state index is -0.359. The highest BCUT2D eigenvalue weighted by atomic mass is 35.5. The SMILES string of the molecule is O=C(CCN(Cc1ccco1)c1nc(-c2ccccc2)nc2cc(Cl)ccc12)Nc1ccc(F)cc1. The van der Waals surface area contributed by atoms with Gasteiger partial charge in [0.2, 0.25) is 5.91 Å². The maximum Gasteiger partial charge on any atom is 0.226 e. The van der Waals surface area contributed by atoms with Crippen molar-refractivity contribution in [3.63, 3.8) is 0 Å². The Kier molecular flexibility index (Phi) is 6.91. The van der Waals surface area contributed by atoms with Crippen molar-refractivity contribution in [2.24, 2.45) is 0 Å². The first-order chi connectivity index (χ1) is 17.5. The number of nitrogens with zero attached hydrogens (tertiary/aromatic N) is 3. The van der Waals surface area contributed by atoms with E-state index in [0.29, 0.717) is 41.0 Å². The first-order valence-corrected chi connectivity index (χ1v) is 11.8. The first kappa shape index (κ1) is 23.5. The summed E-state index contributed by atoms with van der Waals surface area (Å²) in [6.07, 6.45) is 1.79. The molecule has 0 aliphatic heterocycles. The topological polar surface area (TPSA) is 71.3 Å². The van der Waals surface area contributed by atoms with E-state index in [1.54, 1.807) is 18.4 Å². The fraction of sp³-hybridized carbons (Fsp3) is 0.107. The Bertz CT molecular complexity index is 1480. The number of aromatic nitrogens is 2. The summed E-state index contributed by atoms with van der Waals surface area (Å²) in [7, 11) is 0. The summed E-state index contributed by atoms with van der Waals surface area (Å²) < 4.78 is 18.8. The number of carbonyl (C=O) groups is 1. The van der Waals surface area contributed by atoms with Crippen LogP contribution in [0, 0.1) is 5.82 Å². The zero-order chi connectivity index (χ0) is 24.9. The number of nitrogens with one attached hydrogen (secondary N) is 1. The summed E-state index contributed by atoms with van der Waals surface area (Å²) in [5.41, 5.74) is 2.10. The lowest BCUT2D eigenvalue weighted by atomic mass is 10.1. The summed E-state index contributed by atoms with van der Waals surface area (Å²) in [6.45, 7) is 0.760. The van der Waals surface area contributed by atoms with Crippen molar-refractivity contribution < 1.29 is 13.6 Å². The zero-order valence-corrected chi connectivity index (χ0v) is 20.0. The molecule has 1 N–H and O–H groups in total. The van der Waals surface area contributed by atoms with Crippen molar-refractivity contribution >= 4 is 39.9 Å². The second-order valence-corrected chi connectivity index (χ2v) is 8.64. The lowest BCUT2D eigenvalue weighted by molar-refractivity contribution is -0.116. The van der Waals surface area contributed by atoms with Crippen molar-refractivity contribution in [1.29, 1.82) is 0 Å². The Balaban J connectivity index is 1.49. The van der Waals surface area contributed by atoms with Gasteiger partial charge in [-0.2, -0.15) is 0 Å². The highest BCUT2D eigenvalue weighted by Crippen LogP contribution is 2.30. The zero-order valence-electron chi connectivity index (χ0n) is 19.2. The highest BCUT2D eigenvalue weighted by Gasteiger charge is 2.19. The predicted molar refractivity (Wildman–Crippen MR) is 139 cm³/mol. The number of rotatable bonds is 8. The number of amides is 1. The molecule has 0 aliphatic rings. The van der Waals surface area contributed by atoms with E-state index >= 15 is 0 Å². The Labute approximate surface area is 212 Å². The third-order valence-electron chi connectivity index (χ3n) is 5.63. The van der Waals surface area contributed by atoms with Gasteiger partial charge in [-0.25, -0.2) is 14.4 Å². The molecule has 5 aromatic rings. The fourth-order valence-electron chi connectivity index (χ4n) is 3.89. The third kappa shape index (κ3) is 5.53. The average Bonchev–Trinajstić information content (AvgIpc) is 3.41. The lowest BCUT2D eigenvalue weighted by Crippen LogP contribution is -2.28. The highest BCUT2D eigenvalue weighted by molar-refractivity contribution is 6.31. The van der Waals surface area contributed by atoms with E-state index in [0.717, 1.165) is 16.7 Å². The molecule has 0 spiro atoms. The molecule has 180 valence electrons. The maximum atomic E-state index is 13.2. The van der Waals surface area contributed by atoms with Crippen LogP contribution in [0.1, 0.15) is 12.2 Å². The van der Waals surface area contributed by atoms with Crippen LogP contribution >= 0.6 is 11.6 Å². The molecule has 3 aromatic carbocycles. The third-order valence-corrected chi connectivity index (χ3v) is 5.87. The number of benzene rings is 3. The molecule has 0 atom stereocenters. The summed E-state index contributed by atoms with van der Waals surface area (Å²) in [5, 5.41) is 4.19. The van der Waals surface area contributed by atoms with Crippen LogP contribution in [0.3, 0.4) is 0 Å². The minimum absolute atomic E-state index is 0.178. The molecule has 2 aromatic heterocycles. The molecule has 1 amide bonds. The van der Waals surface area contributed by atoms with Crippen LogP contribution < -0.4 is 10.2 Å². The monoisotopic (exact) mass is 500 g/mol. The molecule has 0 aliphatic carbocycles. The van der Waals surface area contributed by atoms with Gasteiger partial charge in [0.15, 0.2) is 5.82 Å². The number of carbonyl (C=O) groups excluding carboxylic acids is 1. The molecular formula is C28H22ClFN4O2. The number of hydrogen-bond donors (Lipinski definition) is 1. The van der Waals surface area contributed by atoms with Gasteiger partial charge in [0.1, 0.15) is 17.4 Å². The van der Waals surface area contributed by atoms with Crippen molar-refractivity contribution in [2.75, 3.05) is 16.8 Å². The molecule has 0 saturated carbocycles. The van der Waals surface area contributed by atoms with Gasteiger partial charge in [-0.1, -0.05) is 41.9 Å². The van der Waals surface area contributed by atoms with Gasteiger partial charge >= 0.3 is 0 Å². The Hall–Kier alpha value is -4.23. The first-order valence-electron chi connectivity index (χ1n) is 11.4. The largest absolute Gasteiger partial charge is 0.467 e. The molecule has 0 radical (unpaired) electrons. The molecule has 5 rings (SSSR count). The van der Waals surface area contributed by atoms with E-state index in [4.69, 9.17) is 26.0 Å². The van der Waals surface area contributed by atoms with Gasteiger partial charge < -0.3 is 14.6 Å². The van der Waals surface area contributed by atoms with E-state index in [1.807, 2.05) is 53.4 Å². The van der Waals surface area contributed by atoms with Gasteiger partial charge in [-0.05, 0) is 54.6 Å². The quantitative estimate of drug-likeness (QED) is 0.256. The Morgan fingerprint density at radius 2 is 1.78 bits per heavy atom. The van der Waals surface area contributed by atoms with Crippen LogP contribution in [0.2, 0.25) is 5.02 Å². The van der Waals surface area contributed by atoms with Crippen molar-refractivity contribution in [2.45, 2.75) is 13.0 Å². The number of anilines is 2. The van der Waals surface area contributed by atoms with Gasteiger partial charge in [0.25, 0.3) is 0 Å². The van der Waals surface area contributed by atoms with E-state index in [2.05, 4.69) is 5.32 Å². The van der Waals surface area contributed by atoms with Crippen LogP contribution in [0.15, 0.2) is 95.6 Å². The molecule has 36 heavy (non-hydrogen) atoms. The maximum absolute atomic E-state index is 13.2. The number of hydrogen-bond acceptors (Lipinski definition) is 5. The standard InChI is InChI=1S/C28H22ClFN4O2/c29-20-8-13-24-25(17-20)32-27(19-5-2-1-3-6-19)33-28(24)34(18-23-7-4-16-36-23)15-14-26(35)31-22-11-9-21(30)10-12-22/h1-13,16-17H,14-15,18H2,(H,31,35). The minimum Gasteiger partial charge on any atom is -0.467 e. The van der Waals surface area contributed by atoms with Gasteiger partial charge in [-0.15, -0.1) is 0 Å². The second kappa shape index (κ2) is 10.6. The molecule has 0 unspecified atom stereocenters. The van der Waals surface area contributed by atoms with E-state index in [1.165, 1.54) is 24.3 Å². The Morgan fingerprint density at radius 1 is 0.972 bits per heavy atom. The number of furan rings is 1. The fourth-order valence-corrected chi connectivity index (χ4v) is 4.05. The van der Waals surface area contributed by atoms with Crippen LogP contribution in [-0.2, 0) is 11.3 Å². The average molecular weight is 501 g/mol. The van der Waals surface area contributed by atoms with Gasteiger partial charge in [0, 0.05) is 34.6 Å². The molecule has 2 heterocycles. The summed E-state index contributed by atoms with van der Waals surface area (Å²) in [4.78, 5) is 24.4. The van der Waals surface area contributed by atoms with Gasteiger partial charge in [0.05, 0.1) is 18.3 Å². The van der Waals surface area contributed by atoms with Crippen LogP contribution in [0.4, 0.5) is 15.9 Å². The van der Waals surface area contributed by atoms with Crippen molar-refractivity contribution in [3.05, 3.63) is 108 Å². The van der Waals surface area contributed by atoms with Gasteiger partial charge in [-0.3, -0.25) is 4.79 Å². The molecule has 0 fully saturated rings. The Morgan fingerprint density at radius 3 is 2.53 bits per heavy atom. The van der Waals surface area contributed by atoms with Crippen molar-refractivity contribution in [3.8, 4) is 11.4 Å². The summed E-state index contributed by atoms with van der Waals surface area (Å²) in [6, 6.07) is 24.6. The molecule has 0 bridgehead atoms. The normalized spacial score (nSPS) is 10.9. The van der Waals surface area contributed by atoms with E-state index in [-0.39, 0.29) is 18.1 Å². The smallest absolute Gasteiger partial charge is 0.226 e. The molecule has 6 nitrogen and oxygen atoms in total. The van der Waals surface area contributed by atoms with Crippen LogP contribution in [0.25, 0.3) is 22.3 Å². The van der Waals surface area contributed by atoms with Crippen molar-refractivity contribution in [1.82, 2.24) is 9.97 Å². The molecule has 8 heteroatoms. The summed E-state index contributed by atoms with van der Waals surface area (Å²) >= 11 is 6.29. The second-order valence-electron chi connectivity index (χ2n) is 8.20. The van der Waals surface area contributed by atoms with Crippen LogP contribution in [-0.4, -0.2) is 22.4 Å². The van der Waals surface area contributed by atoms with E-state index < -0.39 is 0 Å².